The summed E-state index contributed by atoms with van der Waals surface area (Å²) in [5, 5.41) is 3.24. The molecule has 28 heavy (non-hydrogen) atoms. The molecule has 0 saturated carbocycles. The van der Waals surface area contributed by atoms with Gasteiger partial charge in [0.2, 0.25) is 11.8 Å². The van der Waals surface area contributed by atoms with Crippen LogP contribution < -0.4 is 5.32 Å². The largest absolute Gasteiger partial charge is 0.352 e. The molecule has 2 aromatic carbocycles. The molecule has 2 aliphatic rings. The maximum Gasteiger partial charge on any atom is 0.225 e. The van der Waals surface area contributed by atoms with Crippen LogP contribution in [0.25, 0.3) is 0 Å². The molecule has 1 atom stereocenters. The second kappa shape index (κ2) is 8.59. The highest BCUT2D eigenvalue weighted by Crippen LogP contribution is 2.23. The van der Waals surface area contributed by atoms with Crippen LogP contribution in [0.4, 0.5) is 0 Å². The molecule has 2 amide bonds. The molecule has 4 nitrogen and oxygen atoms in total. The van der Waals surface area contributed by atoms with Crippen molar-refractivity contribution in [2.75, 3.05) is 13.1 Å². The summed E-state index contributed by atoms with van der Waals surface area (Å²) in [5.74, 6) is 0.210. The molecule has 1 aliphatic heterocycles. The SMILES string of the molecule is O=C(NC1Cc2ccccc2C1)C1CCC(=O)N(CCCc2ccccc2)C1. The van der Waals surface area contributed by atoms with Gasteiger partial charge in [-0.3, -0.25) is 9.59 Å². The fourth-order valence-corrected chi connectivity index (χ4v) is 4.44. The Morgan fingerprint density at radius 1 is 1.00 bits per heavy atom. The van der Waals surface area contributed by atoms with Crippen LogP contribution in [0, 0.1) is 5.92 Å². The Morgan fingerprint density at radius 2 is 1.68 bits per heavy atom. The fraction of sp³-hybridized carbons (Fsp3) is 0.417. The van der Waals surface area contributed by atoms with E-state index < -0.39 is 0 Å². The van der Waals surface area contributed by atoms with Gasteiger partial charge in [0.05, 0.1) is 5.92 Å². The van der Waals surface area contributed by atoms with Gasteiger partial charge in [0.1, 0.15) is 0 Å². The number of carbonyl (C=O) groups excluding carboxylic acids is 2. The van der Waals surface area contributed by atoms with Crippen molar-refractivity contribution >= 4 is 11.8 Å². The third-order valence-corrected chi connectivity index (χ3v) is 6.00. The lowest BCUT2D eigenvalue weighted by atomic mass is 9.95. The zero-order chi connectivity index (χ0) is 19.3. The molecule has 1 aliphatic carbocycles. The first kappa shape index (κ1) is 18.7. The molecule has 0 bridgehead atoms. The summed E-state index contributed by atoms with van der Waals surface area (Å²) in [5.41, 5.74) is 3.98. The van der Waals surface area contributed by atoms with Crippen molar-refractivity contribution in [1.29, 1.82) is 0 Å². The summed E-state index contributed by atoms with van der Waals surface area (Å²) in [6.45, 7) is 1.28. The van der Waals surface area contributed by atoms with E-state index >= 15 is 0 Å². The Labute approximate surface area is 166 Å². The molecule has 146 valence electrons. The molecule has 1 saturated heterocycles. The third kappa shape index (κ3) is 4.44. The van der Waals surface area contributed by atoms with Crippen molar-refractivity contribution in [3.8, 4) is 0 Å². The predicted molar refractivity (Wildman–Crippen MR) is 110 cm³/mol. The van der Waals surface area contributed by atoms with E-state index in [4.69, 9.17) is 0 Å². The van der Waals surface area contributed by atoms with E-state index in [1.165, 1.54) is 16.7 Å². The number of piperidine rings is 1. The number of hydrogen-bond donors (Lipinski definition) is 1. The molecular weight excluding hydrogens is 348 g/mol. The lowest BCUT2D eigenvalue weighted by Crippen LogP contribution is -2.48. The van der Waals surface area contributed by atoms with Gasteiger partial charge in [-0.25, -0.2) is 0 Å². The minimum atomic E-state index is -0.0851. The zero-order valence-corrected chi connectivity index (χ0v) is 16.3. The number of rotatable bonds is 6. The number of amides is 2. The number of hydrogen-bond acceptors (Lipinski definition) is 2. The fourth-order valence-electron chi connectivity index (χ4n) is 4.44. The first-order valence-electron chi connectivity index (χ1n) is 10.4. The van der Waals surface area contributed by atoms with Gasteiger partial charge in [0.25, 0.3) is 0 Å². The van der Waals surface area contributed by atoms with Crippen LogP contribution in [0.1, 0.15) is 36.0 Å². The van der Waals surface area contributed by atoms with Crippen LogP contribution in [-0.2, 0) is 28.9 Å². The van der Waals surface area contributed by atoms with Crippen LogP contribution in [0.15, 0.2) is 54.6 Å². The second-order valence-corrected chi connectivity index (χ2v) is 8.05. The Bertz CT molecular complexity index is 809. The van der Waals surface area contributed by atoms with Gasteiger partial charge >= 0.3 is 0 Å². The number of carbonyl (C=O) groups is 2. The monoisotopic (exact) mass is 376 g/mol. The Balaban J connectivity index is 1.27. The van der Waals surface area contributed by atoms with Gasteiger partial charge < -0.3 is 10.2 Å². The number of likely N-dealkylation sites (tertiary alicyclic amines) is 1. The van der Waals surface area contributed by atoms with Crippen molar-refractivity contribution in [3.05, 3.63) is 71.3 Å². The van der Waals surface area contributed by atoms with Gasteiger partial charge in [-0.05, 0) is 48.8 Å². The molecule has 0 radical (unpaired) electrons. The van der Waals surface area contributed by atoms with Crippen molar-refractivity contribution in [3.63, 3.8) is 0 Å². The molecule has 1 heterocycles. The number of nitrogens with zero attached hydrogens (tertiary/aromatic N) is 1. The smallest absolute Gasteiger partial charge is 0.225 e. The van der Waals surface area contributed by atoms with Crippen molar-refractivity contribution in [1.82, 2.24) is 10.2 Å². The first-order valence-corrected chi connectivity index (χ1v) is 10.4. The summed E-state index contributed by atoms with van der Waals surface area (Å²) >= 11 is 0. The molecule has 4 rings (SSSR count). The van der Waals surface area contributed by atoms with Gasteiger partial charge in [0.15, 0.2) is 0 Å². The number of benzene rings is 2. The number of fused-ring (bicyclic) bond motifs is 1. The van der Waals surface area contributed by atoms with Crippen LogP contribution in [0.5, 0.6) is 0 Å². The lowest BCUT2D eigenvalue weighted by Gasteiger charge is -2.32. The number of nitrogens with one attached hydrogen (secondary N) is 1. The molecule has 1 fully saturated rings. The van der Waals surface area contributed by atoms with Crippen LogP contribution in [0.3, 0.4) is 0 Å². The van der Waals surface area contributed by atoms with E-state index in [0.29, 0.717) is 19.4 Å². The lowest BCUT2D eigenvalue weighted by molar-refractivity contribution is -0.138. The van der Waals surface area contributed by atoms with E-state index in [2.05, 4.69) is 41.7 Å². The molecular formula is C24H28N2O2. The Hall–Kier alpha value is -2.62. The van der Waals surface area contributed by atoms with Crippen molar-refractivity contribution in [2.24, 2.45) is 5.92 Å². The number of aryl methyl sites for hydroxylation is 1. The Morgan fingerprint density at radius 3 is 2.39 bits per heavy atom. The minimum absolute atomic E-state index is 0.0851. The maximum absolute atomic E-state index is 12.8. The first-order chi connectivity index (χ1) is 13.7. The second-order valence-electron chi connectivity index (χ2n) is 8.05. The summed E-state index contributed by atoms with van der Waals surface area (Å²) in [6, 6.07) is 18.9. The van der Waals surface area contributed by atoms with Crippen LogP contribution in [-0.4, -0.2) is 35.8 Å². The standard InChI is InChI=1S/C24H28N2O2/c27-23-13-12-21(17-26(23)14-6-9-18-7-2-1-3-8-18)24(28)25-22-15-19-10-4-5-11-20(19)16-22/h1-5,7-8,10-11,21-22H,6,9,12-17H2,(H,25,28). The molecule has 2 aromatic rings. The predicted octanol–water partition coefficient (Wildman–Crippen LogP) is 3.14. The van der Waals surface area contributed by atoms with Gasteiger partial charge in [-0.2, -0.15) is 0 Å². The summed E-state index contributed by atoms with van der Waals surface area (Å²) in [4.78, 5) is 27.0. The van der Waals surface area contributed by atoms with Gasteiger partial charge in [-0.15, -0.1) is 0 Å². The van der Waals surface area contributed by atoms with Crippen LogP contribution >= 0.6 is 0 Å². The van der Waals surface area contributed by atoms with E-state index in [9.17, 15) is 9.59 Å². The highest BCUT2D eigenvalue weighted by atomic mass is 16.2. The molecule has 4 heteroatoms. The van der Waals surface area contributed by atoms with E-state index in [1.807, 2.05) is 23.1 Å². The molecule has 1 N–H and O–H groups in total. The van der Waals surface area contributed by atoms with E-state index in [-0.39, 0.29) is 23.8 Å². The topological polar surface area (TPSA) is 49.4 Å². The normalized spacial score (nSPS) is 19.5. The average molecular weight is 377 g/mol. The van der Waals surface area contributed by atoms with E-state index in [1.54, 1.807) is 0 Å². The van der Waals surface area contributed by atoms with Crippen molar-refractivity contribution < 1.29 is 9.59 Å². The molecule has 1 unspecified atom stereocenters. The maximum atomic E-state index is 12.8. The van der Waals surface area contributed by atoms with Crippen molar-refractivity contribution in [2.45, 2.75) is 44.6 Å². The minimum Gasteiger partial charge on any atom is -0.352 e. The van der Waals surface area contributed by atoms with Crippen LogP contribution in [0.2, 0.25) is 0 Å². The summed E-state index contributed by atoms with van der Waals surface area (Å²) in [6.07, 6.45) is 4.86. The van der Waals surface area contributed by atoms with E-state index in [0.717, 1.165) is 32.2 Å². The summed E-state index contributed by atoms with van der Waals surface area (Å²) in [7, 11) is 0. The quantitative estimate of drug-likeness (QED) is 0.842. The average Bonchev–Trinajstić information content (AvgIpc) is 3.12. The van der Waals surface area contributed by atoms with Gasteiger partial charge in [-0.1, -0.05) is 54.6 Å². The summed E-state index contributed by atoms with van der Waals surface area (Å²) < 4.78 is 0. The van der Waals surface area contributed by atoms with Gasteiger partial charge in [0, 0.05) is 25.6 Å². The third-order valence-electron chi connectivity index (χ3n) is 6.00. The molecule has 0 spiro atoms. The highest BCUT2D eigenvalue weighted by molar-refractivity contribution is 5.84. The zero-order valence-electron chi connectivity index (χ0n) is 16.3. The Kier molecular flexibility index (Phi) is 5.75. The molecule has 0 aromatic heterocycles. The highest BCUT2D eigenvalue weighted by Gasteiger charge is 2.32.